The number of sulfone groups is 1. The first-order valence-corrected chi connectivity index (χ1v) is 16.3. The predicted molar refractivity (Wildman–Crippen MR) is 164 cm³/mol. The van der Waals surface area contributed by atoms with Gasteiger partial charge >= 0.3 is 0 Å². The first-order chi connectivity index (χ1) is 18.3. The van der Waals surface area contributed by atoms with E-state index >= 15 is 0 Å². The van der Waals surface area contributed by atoms with E-state index in [1.807, 2.05) is 17.0 Å². The molecule has 3 aliphatic heterocycles. The molecule has 40 heavy (non-hydrogen) atoms. The van der Waals surface area contributed by atoms with Gasteiger partial charge in [0.25, 0.3) is 0 Å². The molecule has 0 unspecified atom stereocenters. The minimum absolute atomic E-state index is 0. The van der Waals surface area contributed by atoms with Crippen molar-refractivity contribution in [1.29, 1.82) is 0 Å². The molecule has 1 aliphatic carbocycles. The molecule has 0 N–H and O–H groups in total. The summed E-state index contributed by atoms with van der Waals surface area (Å²) in [4.78, 5) is 21.2. The average molecular weight is 609 g/mol. The summed E-state index contributed by atoms with van der Waals surface area (Å²) in [7, 11) is -3.21. The number of piperidine rings is 1. The molecule has 0 bridgehead atoms. The second kappa shape index (κ2) is 12.7. The first-order valence-electron chi connectivity index (χ1n) is 14.4. The molecule has 0 radical (unpaired) electrons. The van der Waals surface area contributed by atoms with Gasteiger partial charge in [0, 0.05) is 51.4 Å². The van der Waals surface area contributed by atoms with Crippen LogP contribution in [0.2, 0.25) is 0 Å². The highest BCUT2D eigenvalue weighted by atomic mass is 35.5. The number of rotatable bonds is 8. The van der Waals surface area contributed by atoms with E-state index in [9.17, 15) is 13.2 Å². The lowest BCUT2D eigenvalue weighted by molar-refractivity contribution is -0.139. The molecule has 1 spiro atoms. The van der Waals surface area contributed by atoms with Gasteiger partial charge in [-0.25, -0.2) is 8.42 Å². The van der Waals surface area contributed by atoms with Crippen LogP contribution >= 0.6 is 24.8 Å². The third-order valence-electron chi connectivity index (χ3n) is 9.59. The molecule has 0 aromatic heterocycles. The second-order valence-electron chi connectivity index (χ2n) is 12.4. The number of nitrogens with zero attached hydrogens (tertiary/aromatic N) is 3. The van der Waals surface area contributed by atoms with Gasteiger partial charge in [-0.2, -0.15) is 0 Å². The lowest BCUT2D eigenvalue weighted by Crippen LogP contribution is -2.46. The lowest BCUT2D eigenvalue weighted by Gasteiger charge is -2.39. The first kappa shape index (κ1) is 31.3. The van der Waals surface area contributed by atoms with Gasteiger partial charge < -0.3 is 14.7 Å². The van der Waals surface area contributed by atoms with Crippen molar-refractivity contribution in [3.05, 3.63) is 65.7 Å². The summed E-state index contributed by atoms with van der Waals surface area (Å²) in [5, 5.41) is 0. The van der Waals surface area contributed by atoms with E-state index < -0.39 is 9.84 Å². The summed E-state index contributed by atoms with van der Waals surface area (Å²) in [6, 6.07) is 18.1. The Morgan fingerprint density at radius 2 is 1.48 bits per heavy atom. The molecule has 3 heterocycles. The standard InChI is InChI=1S/C31H41N3O3S.2ClH/c1-38(36,37)28-11-9-25(10-12-28)20-34-18-15-31(30(34)35)13-16-32(17-14-31)21-27-22-33(19-24-7-8-24)23-29(27)26-5-3-2-4-6-26;;/h2-6,9-12,24,27,29H,7-8,13-23H2,1H3;2*1H/t27-,29+;;/m0../s1. The molecule has 9 heteroatoms. The summed E-state index contributed by atoms with van der Waals surface area (Å²) in [6.45, 7) is 8.13. The van der Waals surface area contributed by atoms with Gasteiger partial charge in [-0.05, 0) is 80.3 Å². The molecule has 3 saturated heterocycles. The van der Waals surface area contributed by atoms with Gasteiger partial charge in [-0.1, -0.05) is 42.5 Å². The zero-order chi connectivity index (χ0) is 26.3. The van der Waals surface area contributed by atoms with Crippen LogP contribution in [-0.4, -0.2) is 81.1 Å². The number of likely N-dealkylation sites (tertiary alicyclic amines) is 3. The van der Waals surface area contributed by atoms with Crippen LogP contribution in [0.15, 0.2) is 59.5 Å². The number of benzene rings is 2. The predicted octanol–water partition coefficient (Wildman–Crippen LogP) is 4.87. The maximum absolute atomic E-state index is 13.6. The van der Waals surface area contributed by atoms with Gasteiger partial charge in [0.2, 0.25) is 5.91 Å². The summed E-state index contributed by atoms with van der Waals surface area (Å²) in [5.74, 6) is 2.47. The van der Waals surface area contributed by atoms with Crippen molar-refractivity contribution in [2.24, 2.45) is 17.3 Å². The zero-order valence-electron chi connectivity index (χ0n) is 23.4. The van der Waals surface area contributed by atoms with Crippen molar-refractivity contribution in [2.45, 2.75) is 49.5 Å². The number of hydrogen-bond acceptors (Lipinski definition) is 5. The monoisotopic (exact) mass is 607 g/mol. The Bertz CT molecular complexity index is 1250. The maximum Gasteiger partial charge on any atom is 0.229 e. The van der Waals surface area contributed by atoms with Crippen molar-refractivity contribution < 1.29 is 13.2 Å². The number of amides is 1. The molecule has 1 amide bonds. The Morgan fingerprint density at radius 3 is 2.10 bits per heavy atom. The van der Waals surface area contributed by atoms with E-state index in [1.165, 1.54) is 44.3 Å². The van der Waals surface area contributed by atoms with Gasteiger partial charge in [-0.3, -0.25) is 4.79 Å². The molecule has 2 aromatic carbocycles. The van der Waals surface area contributed by atoms with E-state index in [2.05, 4.69) is 40.1 Å². The van der Waals surface area contributed by atoms with Crippen LogP contribution in [0.1, 0.15) is 49.1 Å². The minimum atomic E-state index is -3.21. The van der Waals surface area contributed by atoms with Crippen molar-refractivity contribution in [3.63, 3.8) is 0 Å². The third kappa shape index (κ3) is 6.87. The third-order valence-corrected chi connectivity index (χ3v) is 10.7. The van der Waals surface area contributed by atoms with E-state index in [-0.39, 0.29) is 30.2 Å². The smallest absolute Gasteiger partial charge is 0.229 e. The summed E-state index contributed by atoms with van der Waals surface area (Å²) in [5.41, 5.74) is 2.26. The van der Waals surface area contributed by atoms with Crippen LogP contribution in [0, 0.1) is 17.3 Å². The van der Waals surface area contributed by atoms with E-state index in [4.69, 9.17) is 0 Å². The SMILES string of the molecule is CS(=O)(=O)c1ccc(CN2CCC3(CCN(C[C@H]4CN(CC5CC5)C[C@@H]4c4ccccc4)CC3)C2=O)cc1.Cl.Cl. The number of hydrogen-bond donors (Lipinski definition) is 0. The number of halogens is 2. The fourth-order valence-corrected chi connectivity index (χ4v) is 7.73. The molecular weight excluding hydrogens is 565 g/mol. The number of carbonyl (C=O) groups is 1. The zero-order valence-corrected chi connectivity index (χ0v) is 25.9. The van der Waals surface area contributed by atoms with Gasteiger partial charge in [-0.15, -0.1) is 24.8 Å². The van der Waals surface area contributed by atoms with Gasteiger partial charge in [0.15, 0.2) is 9.84 Å². The maximum atomic E-state index is 13.6. The minimum Gasteiger partial charge on any atom is -0.338 e. The van der Waals surface area contributed by atoms with E-state index in [0.29, 0.717) is 29.2 Å². The summed E-state index contributed by atoms with van der Waals surface area (Å²) >= 11 is 0. The van der Waals surface area contributed by atoms with Crippen molar-refractivity contribution in [1.82, 2.24) is 14.7 Å². The average Bonchev–Trinajstić information content (AvgIpc) is 3.57. The van der Waals surface area contributed by atoms with Crippen LogP contribution in [0.4, 0.5) is 0 Å². The van der Waals surface area contributed by atoms with Crippen LogP contribution in [-0.2, 0) is 21.2 Å². The quantitative estimate of drug-likeness (QED) is 0.428. The second-order valence-corrected chi connectivity index (χ2v) is 14.4. The van der Waals surface area contributed by atoms with E-state index in [0.717, 1.165) is 56.9 Å². The van der Waals surface area contributed by atoms with Crippen LogP contribution < -0.4 is 0 Å². The Hall–Kier alpha value is -1.64. The highest BCUT2D eigenvalue weighted by molar-refractivity contribution is 7.90. The van der Waals surface area contributed by atoms with Crippen molar-refractivity contribution in [3.8, 4) is 0 Å². The van der Waals surface area contributed by atoms with Gasteiger partial charge in [0.05, 0.1) is 10.3 Å². The fourth-order valence-electron chi connectivity index (χ4n) is 7.10. The molecule has 220 valence electrons. The molecular formula is C31H43Cl2N3O3S. The highest BCUT2D eigenvalue weighted by Gasteiger charge is 2.48. The number of carbonyl (C=O) groups excluding carboxylic acids is 1. The van der Waals surface area contributed by atoms with Crippen molar-refractivity contribution >= 4 is 40.6 Å². The van der Waals surface area contributed by atoms with E-state index in [1.54, 1.807) is 12.1 Å². The highest BCUT2D eigenvalue weighted by Crippen LogP contribution is 2.43. The van der Waals surface area contributed by atoms with Gasteiger partial charge in [0.1, 0.15) is 0 Å². The Balaban J connectivity index is 0.00000185. The largest absolute Gasteiger partial charge is 0.338 e. The summed E-state index contributed by atoms with van der Waals surface area (Å²) < 4.78 is 23.5. The molecule has 6 nitrogen and oxygen atoms in total. The Labute approximate surface area is 252 Å². The van der Waals surface area contributed by atoms with Crippen LogP contribution in [0.3, 0.4) is 0 Å². The lowest BCUT2D eigenvalue weighted by atomic mass is 9.76. The van der Waals surface area contributed by atoms with Crippen molar-refractivity contribution in [2.75, 3.05) is 52.1 Å². The molecule has 4 fully saturated rings. The molecule has 1 saturated carbocycles. The summed E-state index contributed by atoms with van der Waals surface area (Å²) in [6.07, 6.45) is 6.87. The van der Waals surface area contributed by atoms with Crippen LogP contribution in [0.5, 0.6) is 0 Å². The molecule has 6 rings (SSSR count). The fraction of sp³-hybridized carbons (Fsp3) is 0.581. The Kier molecular flexibility index (Phi) is 9.94. The molecule has 2 aromatic rings. The normalized spacial score (nSPS) is 25.1. The molecule has 2 atom stereocenters. The topological polar surface area (TPSA) is 60.9 Å². The van der Waals surface area contributed by atoms with Crippen LogP contribution in [0.25, 0.3) is 0 Å². The Morgan fingerprint density at radius 1 is 0.825 bits per heavy atom. The molecule has 4 aliphatic rings.